The number of carbonyl (C=O) groups is 1. The van der Waals surface area contributed by atoms with Crippen molar-refractivity contribution < 1.29 is 9.90 Å². The van der Waals surface area contributed by atoms with Crippen molar-refractivity contribution in [2.45, 2.75) is 80.1 Å². The number of hydrogen-bond acceptors (Lipinski definition) is 1. The van der Waals surface area contributed by atoms with Gasteiger partial charge in [0.25, 0.3) is 0 Å². The lowest BCUT2D eigenvalue weighted by Gasteiger charge is -2.16. The Morgan fingerprint density at radius 3 is 1.50 bits per heavy atom. The van der Waals surface area contributed by atoms with E-state index in [1.54, 1.807) is 0 Å². The first-order valence-electron chi connectivity index (χ1n) is 6.95. The molecule has 1 rings (SSSR count). The van der Waals surface area contributed by atoms with Gasteiger partial charge in [-0.25, -0.2) is 0 Å². The van der Waals surface area contributed by atoms with Crippen LogP contribution in [0, 0.1) is 5.92 Å². The highest BCUT2D eigenvalue weighted by molar-refractivity contribution is 5.69. The molecule has 0 radical (unpaired) electrons. The standard InChI is InChI=1S/C7H12O2.C3H8.2C2H6/c8-7(9)6-4-2-1-3-5-6;1-3-2;2*1-2/h6H,1-5H2,(H,8,9);3H2,1-2H3;2*1-2H3. The number of rotatable bonds is 1. The highest BCUT2D eigenvalue weighted by atomic mass is 16.4. The number of hydrogen-bond donors (Lipinski definition) is 1. The van der Waals surface area contributed by atoms with Crippen molar-refractivity contribution in [2.24, 2.45) is 5.92 Å². The molecule has 100 valence electrons. The maximum atomic E-state index is 10.4. The fourth-order valence-electron chi connectivity index (χ4n) is 1.35. The van der Waals surface area contributed by atoms with E-state index in [9.17, 15) is 4.79 Å². The zero-order chi connectivity index (χ0) is 13.4. The van der Waals surface area contributed by atoms with E-state index in [-0.39, 0.29) is 5.92 Å². The van der Waals surface area contributed by atoms with Gasteiger partial charge in [-0.2, -0.15) is 0 Å². The molecule has 1 N–H and O–H groups in total. The molecule has 0 heterocycles. The van der Waals surface area contributed by atoms with Gasteiger partial charge in [-0.05, 0) is 12.8 Å². The predicted molar refractivity (Wildman–Crippen MR) is 72.9 cm³/mol. The first kappa shape index (κ1) is 20.8. The van der Waals surface area contributed by atoms with Crippen molar-refractivity contribution in [3.05, 3.63) is 0 Å². The fraction of sp³-hybridized carbons (Fsp3) is 0.929. The molecule has 16 heavy (non-hydrogen) atoms. The molecule has 0 bridgehead atoms. The Morgan fingerprint density at radius 1 is 1.00 bits per heavy atom. The number of carboxylic acid groups (broad SMARTS) is 1. The van der Waals surface area contributed by atoms with Gasteiger partial charge in [-0.15, -0.1) is 0 Å². The van der Waals surface area contributed by atoms with Gasteiger partial charge in [0.1, 0.15) is 0 Å². The average Bonchev–Trinajstić information content (AvgIpc) is 2.36. The summed E-state index contributed by atoms with van der Waals surface area (Å²) in [6, 6.07) is 0. The van der Waals surface area contributed by atoms with Crippen LogP contribution in [0.4, 0.5) is 0 Å². The van der Waals surface area contributed by atoms with Gasteiger partial charge in [0.2, 0.25) is 0 Å². The maximum Gasteiger partial charge on any atom is 0.306 e. The van der Waals surface area contributed by atoms with Gasteiger partial charge in [0.05, 0.1) is 5.92 Å². The zero-order valence-corrected chi connectivity index (χ0v) is 12.2. The summed E-state index contributed by atoms with van der Waals surface area (Å²) >= 11 is 0. The Labute approximate surface area is 102 Å². The Hall–Kier alpha value is -0.530. The lowest BCUT2D eigenvalue weighted by molar-refractivity contribution is -0.142. The first-order valence-corrected chi connectivity index (χ1v) is 6.95. The van der Waals surface area contributed by atoms with Crippen LogP contribution in [0.3, 0.4) is 0 Å². The molecule has 0 aromatic rings. The minimum Gasteiger partial charge on any atom is -0.481 e. The quantitative estimate of drug-likeness (QED) is 0.681. The van der Waals surface area contributed by atoms with Crippen LogP contribution in [0.1, 0.15) is 80.1 Å². The largest absolute Gasteiger partial charge is 0.481 e. The van der Waals surface area contributed by atoms with Gasteiger partial charge in [0, 0.05) is 0 Å². The Balaban J connectivity index is -0.000000206. The Kier molecular flexibility index (Phi) is 26.0. The molecule has 1 fully saturated rings. The highest BCUT2D eigenvalue weighted by Gasteiger charge is 2.19. The van der Waals surface area contributed by atoms with Gasteiger partial charge in [-0.3, -0.25) is 4.79 Å². The third kappa shape index (κ3) is 15.9. The zero-order valence-electron chi connectivity index (χ0n) is 12.2. The molecule has 0 aliphatic heterocycles. The van der Waals surface area contributed by atoms with E-state index in [4.69, 9.17) is 5.11 Å². The summed E-state index contributed by atoms with van der Waals surface area (Å²) in [4.78, 5) is 10.4. The highest BCUT2D eigenvalue weighted by Crippen LogP contribution is 2.23. The van der Waals surface area contributed by atoms with Crippen LogP contribution in [0.25, 0.3) is 0 Å². The van der Waals surface area contributed by atoms with Crippen molar-refractivity contribution in [1.29, 1.82) is 0 Å². The second-order valence-corrected chi connectivity index (χ2v) is 3.38. The first-order chi connectivity index (χ1) is 7.72. The molecule has 0 aromatic carbocycles. The van der Waals surface area contributed by atoms with Crippen molar-refractivity contribution in [3.8, 4) is 0 Å². The lowest BCUT2D eigenvalue weighted by Crippen LogP contribution is -2.16. The molecule has 0 atom stereocenters. The molecule has 0 amide bonds. The van der Waals surface area contributed by atoms with E-state index in [1.165, 1.54) is 12.8 Å². The van der Waals surface area contributed by atoms with Crippen LogP contribution in [-0.2, 0) is 4.79 Å². The average molecular weight is 232 g/mol. The molecule has 1 saturated carbocycles. The minimum atomic E-state index is -0.602. The molecule has 0 aromatic heterocycles. The summed E-state index contributed by atoms with van der Waals surface area (Å²) in [5.41, 5.74) is 0. The SMILES string of the molecule is CC.CC.CCC.O=C(O)C1CCCCC1. The summed E-state index contributed by atoms with van der Waals surface area (Å²) < 4.78 is 0. The van der Waals surface area contributed by atoms with E-state index < -0.39 is 5.97 Å². The van der Waals surface area contributed by atoms with E-state index in [0.717, 1.165) is 25.7 Å². The molecule has 2 nitrogen and oxygen atoms in total. The van der Waals surface area contributed by atoms with Gasteiger partial charge >= 0.3 is 5.97 Å². The molecule has 0 unspecified atom stereocenters. The van der Waals surface area contributed by atoms with Gasteiger partial charge in [-0.1, -0.05) is 67.2 Å². The molecule has 0 spiro atoms. The Morgan fingerprint density at radius 2 is 1.31 bits per heavy atom. The van der Waals surface area contributed by atoms with Crippen LogP contribution in [0.2, 0.25) is 0 Å². The molecule has 1 aliphatic carbocycles. The molecular weight excluding hydrogens is 200 g/mol. The molecule has 1 aliphatic rings. The Bertz CT molecular complexity index is 116. The fourth-order valence-corrected chi connectivity index (χ4v) is 1.35. The topological polar surface area (TPSA) is 37.3 Å². The van der Waals surface area contributed by atoms with Crippen LogP contribution in [0.5, 0.6) is 0 Å². The van der Waals surface area contributed by atoms with Crippen LogP contribution < -0.4 is 0 Å². The lowest BCUT2D eigenvalue weighted by atomic mass is 9.90. The summed E-state index contributed by atoms with van der Waals surface area (Å²) in [7, 11) is 0. The number of aliphatic carboxylic acids is 1. The third-order valence-electron chi connectivity index (χ3n) is 1.95. The van der Waals surface area contributed by atoms with Crippen LogP contribution >= 0.6 is 0 Å². The summed E-state index contributed by atoms with van der Waals surface area (Å²) in [5.74, 6) is -0.631. The van der Waals surface area contributed by atoms with E-state index in [1.807, 2.05) is 27.7 Å². The van der Waals surface area contributed by atoms with E-state index in [0.29, 0.717) is 0 Å². The molecular formula is C14H32O2. The monoisotopic (exact) mass is 232 g/mol. The minimum absolute atomic E-state index is 0.0289. The molecule has 2 heteroatoms. The van der Waals surface area contributed by atoms with E-state index >= 15 is 0 Å². The summed E-state index contributed by atoms with van der Waals surface area (Å²) in [6.45, 7) is 12.2. The molecule has 0 saturated heterocycles. The van der Waals surface area contributed by atoms with Crippen LogP contribution in [-0.4, -0.2) is 11.1 Å². The number of carboxylic acids is 1. The van der Waals surface area contributed by atoms with Crippen molar-refractivity contribution in [2.75, 3.05) is 0 Å². The summed E-state index contributed by atoms with van der Waals surface area (Å²) in [5, 5.41) is 8.54. The van der Waals surface area contributed by atoms with Crippen molar-refractivity contribution >= 4 is 5.97 Å². The second-order valence-electron chi connectivity index (χ2n) is 3.38. The van der Waals surface area contributed by atoms with Gasteiger partial charge in [0.15, 0.2) is 0 Å². The third-order valence-corrected chi connectivity index (χ3v) is 1.95. The smallest absolute Gasteiger partial charge is 0.306 e. The second kappa shape index (κ2) is 20.0. The normalized spacial score (nSPS) is 14.1. The van der Waals surface area contributed by atoms with Crippen molar-refractivity contribution in [3.63, 3.8) is 0 Å². The summed E-state index contributed by atoms with van der Waals surface area (Å²) in [6.07, 6.45) is 6.49. The van der Waals surface area contributed by atoms with Gasteiger partial charge < -0.3 is 5.11 Å². The van der Waals surface area contributed by atoms with Crippen LogP contribution in [0.15, 0.2) is 0 Å². The van der Waals surface area contributed by atoms with Crippen molar-refractivity contribution in [1.82, 2.24) is 0 Å². The maximum absolute atomic E-state index is 10.4. The van der Waals surface area contributed by atoms with E-state index in [2.05, 4.69) is 13.8 Å². The predicted octanol–water partition coefficient (Wildman–Crippen LogP) is 5.12.